The lowest BCUT2D eigenvalue weighted by Gasteiger charge is -2.32. The van der Waals surface area contributed by atoms with Crippen LogP contribution in [0.4, 0.5) is 0 Å². The van der Waals surface area contributed by atoms with Crippen molar-refractivity contribution in [2.45, 2.75) is 23.8 Å². The number of likely N-dealkylation sites (tertiary alicyclic amines) is 1. The van der Waals surface area contributed by atoms with E-state index < -0.39 is 21.1 Å². The number of rotatable bonds is 5. The van der Waals surface area contributed by atoms with E-state index in [2.05, 4.69) is 0 Å². The zero-order valence-corrected chi connectivity index (χ0v) is 15.8. The topological polar surface area (TPSA) is 93.9 Å². The third-order valence-electron chi connectivity index (χ3n) is 4.72. The Bertz CT molecular complexity index is 911. The molecule has 0 aliphatic carbocycles. The number of hydrogen-bond donors (Lipinski definition) is 0. The van der Waals surface area contributed by atoms with Crippen LogP contribution in [-0.2, 0) is 20.3 Å². The minimum Gasteiger partial charge on any atom is -0.468 e. The van der Waals surface area contributed by atoms with Crippen LogP contribution < -0.4 is 0 Å². The van der Waals surface area contributed by atoms with Gasteiger partial charge in [-0.15, -0.1) is 0 Å². The van der Waals surface area contributed by atoms with Gasteiger partial charge in [-0.05, 0) is 37.1 Å². The molecule has 0 bridgehead atoms. The molecule has 7 nitrogen and oxygen atoms in total. The van der Waals surface area contributed by atoms with Crippen molar-refractivity contribution < 1.29 is 27.2 Å². The van der Waals surface area contributed by atoms with E-state index in [4.69, 9.17) is 9.15 Å². The van der Waals surface area contributed by atoms with Gasteiger partial charge in [-0.2, -0.15) is 0 Å². The number of esters is 1. The van der Waals surface area contributed by atoms with E-state index in [0.717, 1.165) is 0 Å². The molecule has 0 unspecified atom stereocenters. The molecule has 8 heteroatoms. The first-order valence-corrected chi connectivity index (χ1v) is 10.3. The number of sulfone groups is 1. The number of hydrogen-bond acceptors (Lipinski definition) is 6. The second-order valence-electron chi connectivity index (χ2n) is 6.42. The van der Waals surface area contributed by atoms with Crippen LogP contribution in [0.2, 0.25) is 0 Å². The third kappa shape index (κ3) is 4.21. The van der Waals surface area contributed by atoms with Crippen molar-refractivity contribution in [2.75, 3.05) is 20.2 Å². The second kappa shape index (κ2) is 7.96. The number of ether oxygens (including phenoxy) is 1. The number of carbonyl (C=O) groups is 2. The van der Waals surface area contributed by atoms with Gasteiger partial charge in [0.1, 0.15) is 11.5 Å². The number of furan rings is 1. The Balaban J connectivity index is 1.67. The smallest absolute Gasteiger partial charge is 0.338 e. The largest absolute Gasteiger partial charge is 0.468 e. The Morgan fingerprint density at radius 1 is 1.11 bits per heavy atom. The van der Waals surface area contributed by atoms with Crippen LogP contribution >= 0.6 is 0 Å². The summed E-state index contributed by atoms with van der Waals surface area (Å²) in [6.07, 6.45) is 2.16. The maximum absolute atomic E-state index is 12.8. The van der Waals surface area contributed by atoms with Gasteiger partial charge in [0.05, 0.1) is 29.7 Å². The number of amides is 1. The van der Waals surface area contributed by atoms with Crippen LogP contribution in [0.1, 0.15) is 39.3 Å². The fraction of sp³-hybridized carbons (Fsp3) is 0.368. The zero-order chi connectivity index (χ0) is 19.4. The summed E-state index contributed by atoms with van der Waals surface area (Å²) in [4.78, 5) is 26.3. The van der Waals surface area contributed by atoms with Gasteiger partial charge < -0.3 is 14.1 Å². The maximum Gasteiger partial charge on any atom is 0.338 e. The number of nitrogens with zero attached hydrogens (tertiary/aromatic N) is 1. The summed E-state index contributed by atoms with van der Waals surface area (Å²) in [7, 11) is -2.09. The van der Waals surface area contributed by atoms with Gasteiger partial charge in [0.2, 0.25) is 0 Å². The molecular formula is C19H21NO6S. The molecule has 1 saturated heterocycles. The second-order valence-corrected chi connectivity index (χ2v) is 8.70. The first-order chi connectivity index (χ1) is 12.9. The molecule has 0 radical (unpaired) electrons. The van der Waals surface area contributed by atoms with Crippen molar-refractivity contribution in [3.05, 3.63) is 59.5 Å². The number of benzene rings is 1. The average molecular weight is 391 g/mol. The van der Waals surface area contributed by atoms with Crippen molar-refractivity contribution in [3.63, 3.8) is 0 Å². The third-order valence-corrected chi connectivity index (χ3v) is 6.90. The number of methoxy groups -OCH3 is 1. The predicted molar refractivity (Wildman–Crippen MR) is 98.0 cm³/mol. The highest BCUT2D eigenvalue weighted by atomic mass is 32.2. The lowest BCUT2D eigenvalue weighted by molar-refractivity contribution is 0.0588. The van der Waals surface area contributed by atoms with E-state index in [1.807, 2.05) is 0 Å². The van der Waals surface area contributed by atoms with Gasteiger partial charge in [0.15, 0.2) is 9.84 Å². The highest BCUT2D eigenvalue weighted by Crippen LogP contribution is 2.23. The number of piperidine rings is 1. The molecule has 2 heterocycles. The Morgan fingerprint density at radius 2 is 1.78 bits per heavy atom. The molecule has 1 aromatic heterocycles. The van der Waals surface area contributed by atoms with Crippen molar-refractivity contribution in [1.82, 2.24) is 4.90 Å². The lowest BCUT2D eigenvalue weighted by Crippen LogP contribution is -2.43. The van der Waals surface area contributed by atoms with Crippen LogP contribution in [-0.4, -0.2) is 50.6 Å². The van der Waals surface area contributed by atoms with Gasteiger partial charge in [0, 0.05) is 13.1 Å². The minimum absolute atomic E-state index is 0.135. The van der Waals surface area contributed by atoms with E-state index in [-0.39, 0.29) is 22.8 Å². The fourth-order valence-corrected chi connectivity index (χ4v) is 4.98. The molecule has 1 aromatic carbocycles. The summed E-state index contributed by atoms with van der Waals surface area (Å²) in [5.74, 6) is -0.586. The Labute approximate surface area is 157 Å². The SMILES string of the molecule is COC(=O)c1ccccc1C(=O)N1CCC(S(=O)(=O)Cc2ccco2)CC1. The van der Waals surface area contributed by atoms with E-state index in [9.17, 15) is 18.0 Å². The van der Waals surface area contributed by atoms with E-state index in [1.54, 1.807) is 41.3 Å². The minimum atomic E-state index is -3.35. The van der Waals surface area contributed by atoms with Crippen LogP contribution in [0.25, 0.3) is 0 Å². The van der Waals surface area contributed by atoms with E-state index in [0.29, 0.717) is 31.7 Å². The van der Waals surface area contributed by atoms with Crippen LogP contribution in [0.5, 0.6) is 0 Å². The molecule has 1 aliphatic rings. The highest BCUT2D eigenvalue weighted by molar-refractivity contribution is 7.91. The average Bonchev–Trinajstić information content (AvgIpc) is 3.19. The summed E-state index contributed by atoms with van der Waals surface area (Å²) in [6.45, 7) is 0.632. The van der Waals surface area contributed by atoms with Crippen LogP contribution in [0.3, 0.4) is 0 Å². The quantitative estimate of drug-likeness (QED) is 0.726. The number of carbonyl (C=O) groups excluding carboxylic acids is 2. The fourth-order valence-electron chi connectivity index (χ4n) is 3.26. The standard InChI is InChI=1S/C19H21NO6S/c1-25-19(22)17-7-3-2-6-16(17)18(21)20-10-8-15(9-11-20)27(23,24)13-14-5-4-12-26-14/h2-7,12,15H,8-11,13H2,1H3. The lowest BCUT2D eigenvalue weighted by atomic mass is 10.0. The molecule has 144 valence electrons. The molecule has 0 saturated carbocycles. The van der Waals surface area contributed by atoms with Gasteiger partial charge in [-0.3, -0.25) is 4.79 Å². The van der Waals surface area contributed by atoms with E-state index in [1.165, 1.54) is 13.4 Å². The molecule has 0 spiro atoms. The molecule has 0 atom stereocenters. The van der Waals surface area contributed by atoms with Crippen molar-refractivity contribution in [1.29, 1.82) is 0 Å². The Morgan fingerprint density at radius 3 is 2.37 bits per heavy atom. The summed E-state index contributed by atoms with van der Waals surface area (Å²) in [5.41, 5.74) is 0.471. The molecule has 27 heavy (non-hydrogen) atoms. The van der Waals surface area contributed by atoms with Crippen molar-refractivity contribution >= 4 is 21.7 Å². The molecular weight excluding hydrogens is 370 g/mol. The zero-order valence-electron chi connectivity index (χ0n) is 15.0. The predicted octanol–water partition coefficient (Wildman–Crippen LogP) is 2.29. The molecule has 2 aromatic rings. The van der Waals surface area contributed by atoms with Crippen molar-refractivity contribution in [2.24, 2.45) is 0 Å². The summed E-state index contributed by atoms with van der Waals surface area (Å²) < 4.78 is 35.0. The summed E-state index contributed by atoms with van der Waals surface area (Å²) >= 11 is 0. The highest BCUT2D eigenvalue weighted by Gasteiger charge is 2.33. The summed E-state index contributed by atoms with van der Waals surface area (Å²) in [5, 5.41) is -0.512. The van der Waals surface area contributed by atoms with Gasteiger partial charge >= 0.3 is 5.97 Å². The summed E-state index contributed by atoms with van der Waals surface area (Å²) in [6, 6.07) is 9.76. The maximum atomic E-state index is 12.8. The normalized spacial score (nSPS) is 15.5. The first-order valence-electron chi connectivity index (χ1n) is 8.63. The molecule has 1 amide bonds. The Kier molecular flexibility index (Phi) is 5.65. The molecule has 3 rings (SSSR count). The Hall–Kier alpha value is -2.61. The first kappa shape index (κ1) is 19.2. The van der Waals surface area contributed by atoms with Crippen LogP contribution in [0, 0.1) is 0 Å². The monoisotopic (exact) mass is 391 g/mol. The van der Waals surface area contributed by atoms with Gasteiger partial charge in [0.25, 0.3) is 5.91 Å². The molecule has 0 N–H and O–H groups in total. The van der Waals surface area contributed by atoms with E-state index >= 15 is 0 Å². The molecule has 1 fully saturated rings. The van der Waals surface area contributed by atoms with Crippen molar-refractivity contribution in [3.8, 4) is 0 Å². The molecule has 1 aliphatic heterocycles. The van der Waals surface area contributed by atoms with Crippen LogP contribution in [0.15, 0.2) is 47.1 Å². The van der Waals surface area contributed by atoms with Gasteiger partial charge in [-0.25, -0.2) is 13.2 Å². The van der Waals surface area contributed by atoms with Gasteiger partial charge in [-0.1, -0.05) is 12.1 Å².